The maximum atomic E-state index is 11.1. The number of nitrogens with zero attached hydrogens (tertiary/aromatic N) is 1. The number of nitriles is 1. The normalized spacial score (nSPS) is 11.6. The molecule has 16 heavy (non-hydrogen) atoms. The van der Waals surface area contributed by atoms with E-state index in [2.05, 4.69) is 4.74 Å². The van der Waals surface area contributed by atoms with Crippen molar-refractivity contribution in [1.82, 2.24) is 0 Å². The molecule has 0 aliphatic carbocycles. The fraction of sp³-hybridized carbons (Fsp3) is 0.273. The molecule has 1 rings (SSSR count). The molecule has 0 aromatic heterocycles. The lowest BCUT2D eigenvalue weighted by Gasteiger charge is -2.11. The molecule has 1 unspecified atom stereocenters. The van der Waals surface area contributed by atoms with E-state index >= 15 is 0 Å². The standard InChI is InChI=1S/C11H11NO4/c1-6-3-7(10(14)11(15)16-2)4-8(5-12)9(6)13/h3-4,10,13-14H,1-2H3. The molecule has 0 saturated carbocycles. The summed E-state index contributed by atoms with van der Waals surface area (Å²) in [7, 11) is 1.16. The Morgan fingerprint density at radius 2 is 2.19 bits per heavy atom. The second kappa shape index (κ2) is 4.64. The Labute approximate surface area is 92.5 Å². The summed E-state index contributed by atoms with van der Waals surface area (Å²) in [5, 5.41) is 27.8. The molecule has 84 valence electrons. The number of aromatic hydroxyl groups is 1. The number of rotatable bonds is 2. The fourth-order valence-corrected chi connectivity index (χ4v) is 1.30. The first-order chi connectivity index (χ1) is 7.51. The first kappa shape index (κ1) is 12.0. The van der Waals surface area contributed by atoms with E-state index in [1.165, 1.54) is 12.1 Å². The van der Waals surface area contributed by atoms with Gasteiger partial charge in [0.05, 0.1) is 12.7 Å². The van der Waals surface area contributed by atoms with Gasteiger partial charge >= 0.3 is 5.97 Å². The Balaban J connectivity index is 3.22. The fourth-order valence-electron chi connectivity index (χ4n) is 1.30. The highest BCUT2D eigenvalue weighted by molar-refractivity contribution is 5.76. The molecule has 0 amide bonds. The van der Waals surface area contributed by atoms with Crippen molar-refractivity contribution >= 4 is 5.97 Å². The lowest BCUT2D eigenvalue weighted by molar-refractivity contribution is -0.150. The minimum absolute atomic E-state index is 0.0120. The van der Waals surface area contributed by atoms with E-state index in [-0.39, 0.29) is 16.9 Å². The number of methoxy groups -OCH3 is 1. The number of carbonyl (C=O) groups excluding carboxylic acids is 1. The summed E-state index contributed by atoms with van der Waals surface area (Å²) in [5.74, 6) is -0.961. The number of aryl methyl sites for hydroxylation is 1. The quantitative estimate of drug-likeness (QED) is 0.720. The second-order valence-electron chi connectivity index (χ2n) is 3.27. The molecule has 2 N–H and O–H groups in total. The highest BCUT2D eigenvalue weighted by Gasteiger charge is 2.20. The third-order valence-electron chi connectivity index (χ3n) is 2.18. The van der Waals surface area contributed by atoms with Crippen LogP contribution in [0.1, 0.15) is 22.8 Å². The smallest absolute Gasteiger partial charge is 0.339 e. The number of hydrogen-bond donors (Lipinski definition) is 2. The van der Waals surface area contributed by atoms with E-state index < -0.39 is 12.1 Å². The predicted molar refractivity (Wildman–Crippen MR) is 54.5 cm³/mol. The number of benzene rings is 1. The molecule has 1 aromatic carbocycles. The van der Waals surface area contributed by atoms with Crippen LogP contribution in [0.4, 0.5) is 0 Å². The van der Waals surface area contributed by atoms with Crippen LogP contribution in [0.3, 0.4) is 0 Å². The summed E-state index contributed by atoms with van der Waals surface area (Å²) in [6.45, 7) is 1.57. The number of carbonyl (C=O) groups is 1. The van der Waals surface area contributed by atoms with Crippen molar-refractivity contribution in [2.45, 2.75) is 13.0 Å². The van der Waals surface area contributed by atoms with E-state index in [1.54, 1.807) is 13.0 Å². The molecule has 0 saturated heterocycles. The van der Waals surface area contributed by atoms with Crippen molar-refractivity contribution in [3.8, 4) is 11.8 Å². The maximum Gasteiger partial charge on any atom is 0.339 e. The van der Waals surface area contributed by atoms with Gasteiger partial charge in [0.2, 0.25) is 0 Å². The molecule has 0 spiro atoms. The average molecular weight is 221 g/mol. The van der Waals surface area contributed by atoms with Crippen LogP contribution in [-0.4, -0.2) is 23.3 Å². The van der Waals surface area contributed by atoms with Crippen LogP contribution in [0.15, 0.2) is 12.1 Å². The first-order valence-electron chi connectivity index (χ1n) is 4.50. The molecule has 0 heterocycles. The van der Waals surface area contributed by atoms with Crippen molar-refractivity contribution in [2.75, 3.05) is 7.11 Å². The summed E-state index contributed by atoms with van der Waals surface area (Å²) in [4.78, 5) is 11.1. The molecular weight excluding hydrogens is 210 g/mol. The highest BCUT2D eigenvalue weighted by atomic mass is 16.5. The molecule has 0 bridgehead atoms. The number of aliphatic hydroxyl groups is 1. The molecule has 5 nitrogen and oxygen atoms in total. The van der Waals surface area contributed by atoms with Gasteiger partial charge in [0.15, 0.2) is 6.10 Å². The zero-order chi connectivity index (χ0) is 12.3. The number of phenolic OH excluding ortho intramolecular Hbond substituents is 1. The summed E-state index contributed by atoms with van der Waals surface area (Å²) >= 11 is 0. The second-order valence-corrected chi connectivity index (χ2v) is 3.27. The molecule has 1 aromatic rings. The lowest BCUT2D eigenvalue weighted by atomic mass is 10.0. The molecule has 5 heteroatoms. The van der Waals surface area contributed by atoms with E-state index in [0.717, 1.165) is 7.11 Å². The molecule has 0 aliphatic rings. The van der Waals surface area contributed by atoms with Gasteiger partial charge in [0, 0.05) is 0 Å². The zero-order valence-electron chi connectivity index (χ0n) is 8.89. The van der Waals surface area contributed by atoms with Crippen LogP contribution in [0.5, 0.6) is 5.75 Å². The van der Waals surface area contributed by atoms with Gasteiger partial charge in [-0.1, -0.05) is 0 Å². The average Bonchev–Trinajstić information content (AvgIpc) is 2.30. The molecule has 0 fully saturated rings. The van der Waals surface area contributed by atoms with E-state index in [9.17, 15) is 15.0 Å². The van der Waals surface area contributed by atoms with Crippen LogP contribution in [0, 0.1) is 18.3 Å². The van der Waals surface area contributed by atoms with Crippen LogP contribution in [0.25, 0.3) is 0 Å². The minimum atomic E-state index is -1.45. The van der Waals surface area contributed by atoms with Gasteiger partial charge in [0.25, 0.3) is 0 Å². The van der Waals surface area contributed by atoms with Crippen molar-refractivity contribution in [3.63, 3.8) is 0 Å². The maximum absolute atomic E-state index is 11.1. The molecular formula is C11H11NO4. The van der Waals surface area contributed by atoms with Crippen LogP contribution < -0.4 is 0 Å². The number of hydrogen-bond acceptors (Lipinski definition) is 5. The summed E-state index contributed by atoms with van der Waals surface area (Å²) in [6.07, 6.45) is -1.45. The van der Waals surface area contributed by atoms with Gasteiger partial charge in [-0.15, -0.1) is 0 Å². The van der Waals surface area contributed by atoms with Crippen molar-refractivity contribution in [1.29, 1.82) is 5.26 Å². The SMILES string of the molecule is COC(=O)C(O)c1cc(C)c(O)c(C#N)c1. The van der Waals surface area contributed by atoms with E-state index in [1.807, 2.05) is 0 Å². The van der Waals surface area contributed by atoms with Crippen LogP contribution in [0.2, 0.25) is 0 Å². The van der Waals surface area contributed by atoms with E-state index in [0.29, 0.717) is 5.56 Å². The first-order valence-corrected chi connectivity index (χ1v) is 4.50. The Bertz CT molecular complexity index is 462. The van der Waals surface area contributed by atoms with Crippen LogP contribution >= 0.6 is 0 Å². The van der Waals surface area contributed by atoms with Gasteiger partial charge in [-0.25, -0.2) is 4.79 Å². The summed E-state index contributed by atoms with van der Waals surface area (Å²) in [5.41, 5.74) is 0.647. The zero-order valence-corrected chi connectivity index (χ0v) is 8.89. The Kier molecular flexibility index (Phi) is 3.48. The Morgan fingerprint density at radius 3 is 2.69 bits per heavy atom. The van der Waals surface area contributed by atoms with Gasteiger partial charge in [-0.05, 0) is 30.2 Å². The third kappa shape index (κ3) is 2.12. The van der Waals surface area contributed by atoms with E-state index in [4.69, 9.17) is 5.26 Å². The Hall–Kier alpha value is -2.06. The lowest BCUT2D eigenvalue weighted by Crippen LogP contribution is -2.13. The number of esters is 1. The van der Waals surface area contributed by atoms with Gasteiger partial charge in [-0.3, -0.25) is 0 Å². The molecule has 0 aliphatic heterocycles. The largest absolute Gasteiger partial charge is 0.506 e. The van der Waals surface area contributed by atoms with Crippen molar-refractivity contribution in [3.05, 3.63) is 28.8 Å². The molecule has 1 atom stereocenters. The van der Waals surface area contributed by atoms with Crippen molar-refractivity contribution < 1.29 is 19.7 Å². The van der Waals surface area contributed by atoms with Gasteiger partial charge in [-0.2, -0.15) is 5.26 Å². The summed E-state index contributed by atoms with van der Waals surface area (Å²) in [6, 6.07) is 4.46. The van der Waals surface area contributed by atoms with Crippen LogP contribution in [-0.2, 0) is 9.53 Å². The third-order valence-corrected chi connectivity index (χ3v) is 2.18. The minimum Gasteiger partial charge on any atom is -0.506 e. The monoisotopic (exact) mass is 221 g/mol. The summed E-state index contributed by atoms with van der Waals surface area (Å²) < 4.78 is 4.38. The Morgan fingerprint density at radius 1 is 1.56 bits per heavy atom. The topological polar surface area (TPSA) is 90.6 Å². The number of phenols is 1. The van der Waals surface area contributed by atoms with Gasteiger partial charge < -0.3 is 14.9 Å². The number of ether oxygens (including phenoxy) is 1. The highest BCUT2D eigenvalue weighted by Crippen LogP contribution is 2.26. The van der Waals surface area contributed by atoms with Gasteiger partial charge in [0.1, 0.15) is 11.8 Å². The number of aliphatic hydroxyl groups excluding tert-OH is 1. The van der Waals surface area contributed by atoms with Crippen molar-refractivity contribution in [2.24, 2.45) is 0 Å². The molecule has 0 radical (unpaired) electrons. The predicted octanol–water partition coefficient (Wildman–Crippen LogP) is 0.779.